The van der Waals surface area contributed by atoms with Gasteiger partial charge in [0.15, 0.2) is 0 Å². The second-order valence-corrected chi connectivity index (χ2v) is 6.85. The Kier molecular flexibility index (Phi) is 4.97. The largest absolute Gasteiger partial charge is 0.359 e. The van der Waals surface area contributed by atoms with Gasteiger partial charge in [-0.2, -0.15) is 0 Å². The van der Waals surface area contributed by atoms with Crippen molar-refractivity contribution in [2.45, 2.75) is 12.3 Å². The Labute approximate surface area is 168 Å². The first-order valence-corrected chi connectivity index (χ1v) is 9.31. The van der Waals surface area contributed by atoms with E-state index in [1.165, 1.54) is 4.90 Å². The van der Waals surface area contributed by atoms with Gasteiger partial charge in [0.25, 0.3) is 11.8 Å². The molecule has 5 heteroatoms. The molecule has 1 fully saturated rings. The van der Waals surface area contributed by atoms with E-state index in [1.807, 2.05) is 60.7 Å². The molecule has 0 bridgehead atoms. The molecule has 144 valence electrons. The van der Waals surface area contributed by atoms with Gasteiger partial charge in [-0.15, -0.1) is 0 Å². The van der Waals surface area contributed by atoms with E-state index in [1.54, 1.807) is 36.4 Å². The van der Waals surface area contributed by atoms with Gasteiger partial charge >= 0.3 is 0 Å². The molecule has 29 heavy (non-hydrogen) atoms. The molecule has 5 nitrogen and oxygen atoms in total. The van der Waals surface area contributed by atoms with Crippen LogP contribution in [0.15, 0.2) is 96.7 Å². The van der Waals surface area contributed by atoms with Crippen LogP contribution in [-0.4, -0.2) is 21.8 Å². The molecule has 3 aromatic rings. The molecule has 1 heterocycles. The highest BCUT2D eigenvalue weighted by Crippen LogP contribution is 2.30. The molecular weight excluding hydrogens is 364 g/mol. The Balaban J connectivity index is 1.79. The van der Waals surface area contributed by atoms with Crippen molar-refractivity contribution in [3.63, 3.8) is 0 Å². The van der Waals surface area contributed by atoms with E-state index in [9.17, 15) is 14.7 Å². The van der Waals surface area contributed by atoms with Crippen molar-refractivity contribution in [2.24, 2.45) is 0 Å². The lowest BCUT2D eigenvalue weighted by Gasteiger charge is -2.40. The summed E-state index contributed by atoms with van der Waals surface area (Å²) < 4.78 is 0. The summed E-state index contributed by atoms with van der Waals surface area (Å²) in [6, 6.07) is 27.1. The van der Waals surface area contributed by atoms with Crippen molar-refractivity contribution in [2.75, 3.05) is 0 Å². The number of carbonyl (C=O) groups excluding carboxylic acids is 2. The summed E-state index contributed by atoms with van der Waals surface area (Å²) in [5.74, 6) is -1.12. The molecule has 4 rings (SSSR count). The maximum Gasteiger partial charge on any atom is 0.285 e. The fourth-order valence-electron chi connectivity index (χ4n) is 3.36. The third-order valence-electron chi connectivity index (χ3n) is 4.85. The minimum absolute atomic E-state index is 0.168. The number of piperazine rings is 1. The van der Waals surface area contributed by atoms with Crippen LogP contribution in [0.5, 0.6) is 0 Å². The van der Waals surface area contributed by atoms with Crippen molar-refractivity contribution >= 4 is 17.9 Å². The van der Waals surface area contributed by atoms with Crippen LogP contribution in [0.3, 0.4) is 0 Å². The maximum absolute atomic E-state index is 13.4. The molecular formula is C24H20N2O3. The Morgan fingerprint density at radius 1 is 0.828 bits per heavy atom. The van der Waals surface area contributed by atoms with Crippen molar-refractivity contribution in [3.8, 4) is 0 Å². The van der Waals surface area contributed by atoms with Crippen LogP contribution in [0.25, 0.3) is 6.08 Å². The van der Waals surface area contributed by atoms with Gasteiger partial charge < -0.3 is 10.4 Å². The Morgan fingerprint density at radius 2 is 1.38 bits per heavy atom. The molecule has 0 saturated carbocycles. The predicted molar refractivity (Wildman–Crippen MR) is 110 cm³/mol. The standard InChI is InChI=1S/C24H20N2O3/c27-22-21(16-18-10-4-1-5-11-18)26(17-19-12-6-2-7-13-19)23(28)24(29,25-22)20-14-8-3-9-15-20/h1-16,29H,17H2,(H,25,27)/b21-16-. The summed E-state index contributed by atoms with van der Waals surface area (Å²) in [6.07, 6.45) is 1.65. The molecule has 1 aliphatic heterocycles. The molecule has 0 radical (unpaired) electrons. The van der Waals surface area contributed by atoms with Crippen molar-refractivity contribution in [1.29, 1.82) is 0 Å². The maximum atomic E-state index is 13.4. The van der Waals surface area contributed by atoms with Gasteiger partial charge in [0.1, 0.15) is 5.70 Å². The van der Waals surface area contributed by atoms with Crippen molar-refractivity contribution in [1.82, 2.24) is 10.2 Å². The van der Waals surface area contributed by atoms with Crippen LogP contribution in [-0.2, 0) is 21.9 Å². The number of carbonyl (C=O) groups is 2. The van der Waals surface area contributed by atoms with Crippen LogP contribution < -0.4 is 5.32 Å². The number of amides is 2. The Hall–Kier alpha value is -3.70. The fraction of sp³-hybridized carbons (Fsp3) is 0.0833. The highest BCUT2D eigenvalue weighted by atomic mass is 16.3. The van der Waals surface area contributed by atoms with Gasteiger partial charge in [-0.3, -0.25) is 14.5 Å². The molecule has 2 N–H and O–H groups in total. The number of hydrogen-bond donors (Lipinski definition) is 2. The quantitative estimate of drug-likeness (QED) is 0.680. The predicted octanol–water partition coefficient (Wildman–Crippen LogP) is 3.03. The number of aliphatic hydroxyl groups is 1. The second kappa shape index (κ2) is 7.73. The summed E-state index contributed by atoms with van der Waals surface area (Å²) >= 11 is 0. The molecule has 0 aliphatic carbocycles. The van der Waals surface area contributed by atoms with E-state index in [0.717, 1.165) is 11.1 Å². The SMILES string of the molecule is O=C1NC(O)(c2ccccc2)C(=O)N(Cc2ccccc2)/C1=C\c1ccccc1. The van der Waals surface area contributed by atoms with Gasteiger partial charge in [0.2, 0.25) is 5.72 Å². The summed E-state index contributed by atoms with van der Waals surface area (Å²) in [5, 5.41) is 13.7. The molecule has 1 saturated heterocycles. The minimum atomic E-state index is -2.12. The van der Waals surface area contributed by atoms with Gasteiger partial charge in [-0.25, -0.2) is 0 Å². The van der Waals surface area contributed by atoms with Crippen LogP contribution >= 0.6 is 0 Å². The van der Waals surface area contributed by atoms with E-state index < -0.39 is 17.5 Å². The first-order chi connectivity index (χ1) is 14.1. The smallest absolute Gasteiger partial charge is 0.285 e. The normalized spacial score (nSPS) is 20.6. The van der Waals surface area contributed by atoms with Crippen LogP contribution in [0.1, 0.15) is 16.7 Å². The summed E-state index contributed by atoms with van der Waals surface area (Å²) in [6.45, 7) is 0.168. The summed E-state index contributed by atoms with van der Waals surface area (Å²) in [5.41, 5.74) is 0.0145. The van der Waals surface area contributed by atoms with E-state index >= 15 is 0 Å². The minimum Gasteiger partial charge on any atom is -0.359 e. The van der Waals surface area contributed by atoms with Crippen molar-refractivity contribution in [3.05, 3.63) is 113 Å². The van der Waals surface area contributed by atoms with E-state index in [2.05, 4.69) is 5.32 Å². The molecule has 1 aliphatic rings. The molecule has 1 atom stereocenters. The zero-order chi connectivity index (χ0) is 20.3. The number of nitrogens with one attached hydrogen (secondary N) is 1. The highest BCUT2D eigenvalue weighted by Gasteiger charge is 2.49. The number of nitrogens with zero attached hydrogens (tertiary/aromatic N) is 1. The summed E-state index contributed by atoms with van der Waals surface area (Å²) in [4.78, 5) is 27.8. The molecule has 2 amide bonds. The average molecular weight is 384 g/mol. The Bertz CT molecular complexity index is 1050. The number of benzene rings is 3. The van der Waals surface area contributed by atoms with Crippen LogP contribution in [0, 0.1) is 0 Å². The molecule has 0 spiro atoms. The number of rotatable bonds is 4. The fourth-order valence-corrected chi connectivity index (χ4v) is 3.36. The van der Waals surface area contributed by atoms with Crippen LogP contribution in [0.2, 0.25) is 0 Å². The van der Waals surface area contributed by atoms with E-state index in [-0.39, 0.29) is 12.2 Å². The highest BCUT2D eigenvalue weighted by molar-refractivity contribution is 6.08. The Morgan fingerprint density at radius 3 is 2.00 bits per heavy atom. The second-order valence-electron chi connectivity index (χ2n) is 6.85. The van der Waals surface area contributed by atoms with Crippen molar-refractivity contribution < 1.29 is 14.7 Å². The van der Waals surface area contributed by atoms with E-state index in [4.69, 9.17) is 0 Å². The third kappa shape index (κ3) is 3.68. The van der Waals surface area contributed by atoms with Crippen LogP contribution in [0.4, 0.5) is 0 Å². The first-order valence-electron chi connectivity index (χ1n) is 9.31. The number of hydrogen-bond acceptors (Lipinski definition) is 3. The average Bonchev–Trinajstić information content (AvgIpc) is 2.76. The summed E-state index contributed by atoms with van der Waals surface area (Å²) in [7, 11) is 0. The first kappa shape index (κ1) is 18.7. The zero-order valence-corrected chi connectivity index (χ0v) is 15.7. The lowest BCUT2D eigenvalue weighted by Crippen LogP contribution is -2.63. The monoisotopic (exact) mass is 384 g/mol. The molecule has 0 aromatic heterocycles. The van der Waals surface area contributed by atoms with Gasteiger partial charge in [0, 0.05) is 5.56 Å². The lowest BCUT2D eigenvalue weighted by molar-refractivity contribution is -0.165. The lowest BCUT2D eigenvalue weighted by atomic mass is 9.96. The zero-order valence-electron chi connectivity index (χ0n) is 15.7. The van der Waals surface area contributed by atoms with E-state index in [0.29, 0.717) is 5.56 Å². The van der Waals surface area contributed by atoms with Gasteiger partial charge in [-0.1, -0.05) is 91.0 Å². The topological polar surface area (TPSA) is 69.6 Å². The van der Waals surface area contributed by atoms with Gasteiger partial charge in [0.05, 0.1) is 6.54 Å². The molecule has 3 aromatic carbocycles. The third-order valence-corrected chi connectivity index (χ3v) is 4.85. The van der Waals surface area contributed by atoms with Gasteiger partial charge in [-0.05, 0) is 17.2 Å². The molecule has 1 unspecified atom stereocenters.